The van der Waals surface area contributed by atoms with E-state index in [1.165, 1.54) is 37.6 Å². The van der Waals surface area contributed by atoms with Gasteiger partial charge in [-0.3, -0.25) is 5.10 Å². The molecule has 36 heavy (non-hydrogen) atoms. The van der Waals surface area contributed by atoms with Gasteiger partial charge < -0.3 is 4.74 Å². The number of aromatic nitrogens is 4. The van der Waals surface area contributed by atoms with Crippen molar-refractivity contribution in [3.63, 3.8) is 0 Å². The zero-order chi connectivity index (χ0) is 25.3. The number of aliphatic imine (C=N–C) groups is 1. The highest BCUT2D eigenvalue weighted by Gasteiger charge is 2.39. The Morgan fingerprint density at radius 1 is 1.14 bits per heavy atom. The van der Waals surface area contributed by atoms with Crippen LogP contribution in [0, 0.1) is 0 Å². The molecule has 7 nitrogen and oxygen atoms in total. The maximum absolute atomic E-state index is 14.2. The van der Waals surface area contributed by atoms with Gasteiger partial charge in [-0.05, 0) is 73.7 Å². The first kappa shape index (κ1) is 23.5. The number of methoxy groups -OCH3 is 1. The van der Waals surface area contributed by atoms with E-state index >= 15 is 0 Å². The van der Waals surface area contributed by atoms with Gasteiger partial charge in [-0.2, -0.15) is 23.4 Å². The van der Waals surface area contributed by atoms with Crippen molar-refractivity contribution in [1.29, 1.82) is 0 Å². The molecule has 0 atom stereocenters. The number of carbonyl (C=O) groups is 1. The van der Waals surface area contributed by atoms with Crippen molar-refractivity contribution < 1.29 is 22.7 Å². The lowest BCUT2D eigenvalue weighted by Crippen LogP contribution is -2.15. The largest absolute Gasteiger partial charge is 0.465 e. The lowest BCUT2D eigenvalue weighted by atomic mass is 9.92. The van der Waals surface area contributed by atoms with Crippen molar-refractivity contribution in [3.8, 4) is 5.69 Å². The summed E-state index contributed by atoms with van der Waals surface area (Å²) in [6.45, 7) is 0. The number of nitrogens with one attached hydrogen (secondary N) is 1. The molecule has 10 heteroatoms. The molecule has 4 aromatic rings. The summed E-state index contributed by atoms with van der Waals surface area (Å²) in [6.07, 6.45) is 3.51. The molecule has 1 aliphatic rings. The molecule has 0 saturated carbocycles. The van der Waals surface area contributed by atoms with Crippen LogP contribution in [0.4, 0.5) is 18.9 Å². The molecule has 0 bridgehead atoms. The molecule has 0 fully saturated rings. The second kappa shape index (κ2) is 9.44. The van der Waals surface area contributed by atoms with Gasteiger partial charge >= 0.3 is 12.1 Å². The summed E-state index contributed by atoms with van der Waals surface area (Å²) in [5.41, 5.74) is 1.89. The molecule has 2 heterocycles. The van der Waals surface area contributed by atoms with Crippen LogP contribution < -0.4 is 0 Å². The van der Waals surface area contributed by atoms with Crippen LogP contribution >= 0.6 is 0 Å². The van der Waals surface area contributed by atoms with Crippen molar-refractivity contribution in [2.75, 3.05) is 7.11 Å². The number of rotatable bonds is 5. The van der Waals surface area contributed by atoms with Gasteiger partial charge in [0.1, 0.15) is 0 Å². The van der Waals surface area contributed by atoms with Crippen LogP contribution in [0.3, 0.4) is 0 Å². The molecule has 5 rings (SSSR count). The molecular weight excluding hydrogens is 471 g/mol. The molecule has 0 saturated heterocycles. The number of hydrogen-bond donors (Lipinski definition) is 1. The van der Waals surface area contributed by atoms with Gasteiger partial charge in [-0.25, -0.2) is 14.5 Å². The number of hydrogen-bond acceptors (Lipinski definition) is 5. The monoisotopic (exact) mass is 493 g/mol. The number of fused-ring (bicyclic) bond motifs is 1. The molecule has 1 aliphatic carbocycles. The van der Waals surface area contributed by atoms with Gasteiger partial charge in [0.2, 0.25) is 0 Å². The summed E-state index contributed by atoms with van der Waals surface area (Å²) in [7, 11) is 1.26. The van der Waals surface area contributed by atoms with Gasteiger partial charge in [0, 0.05) is 11.6 Å². The smallest absolute Gasteiger partial charge is 0.435 e. The highest BCUT2D eigenvalue weighted by Crippen LogP contribution is 2.35. The van der Waals surface area contributed by atoms with E-state index in [1.807, 2.05) is 6.08 Å². The normalized spacial score (nSPS) is 14.7. The zero-order valence-electron chi connectivity index (χ0n) is 19.3. The highest BCUT2D eigenvalue weighted by atomic mass is 19.4. The second-order valence-electron chi connectivity index (χ2n) is 8.45. The minimum absolute atomic E-state index is 0.0972. The molecule has 0 spiro atoms. The summed E-state index contributed by atoms with van der Waals surface area (Å²) >= 11 is 0. The van der Waals surface area contributed by atoms with E-state index in [0.717, 1.165) is 40.4 Å². The predicted molar refractivity (Wildman–Crippen MR) is 129 cm³/mol. The Kier molecular flexibility index (Phi) is 6.17. The van der Waals surface area contributed by atoms with E-state index in [9.17, 15) is 18.0 Å². The quantitative estimate of drug-likeness (QED) is 0.266. The van der Waals surface area contributed by atoms with Gasteiger partial charge in [-0.15, -0.1) is 0 Å². The molecule has 0 amide bonds. The van der Waals surface area contributed by atoms with Gasteiger partial charge in [0.05, 0.1) is 47.0 Å². The minimum atomic E-state index is -4.70. The summed E-state index contributed by atoms with van der Waals surface area (Å²) in [4.78, 5) is 16.4. The maximum Gasteiger partial charge on any atom is 0.435 e. The third kappa shape index (κ3) is 4.66. The maximum atomic E-state index is 14.2. The first-order valence-electron chi connectivity index (χ1n) is 11.4. The van der Waals surface area contributed by atoms with E-state index in [4.69, 9.17) is 4.99 Å². The van der Waals surface area contributed by atoms with E-state index in [1.54, 1.807) is 24.4 Å². The summed E-state index contributed by atoms with van der Waals surface area (Å²) < 4.78 is 48.5. The van der Waals surface area contributed by atoms with Gasteiger partial charge in [0.15, 0.2) is 5.69 Å². The SMILES string of the molecule is COC(=O)c1ccc(-n2cc(/C(=N/c3ccc4[nH]ncc4c3)C3=CCCCC3)c(C(F)(F)F)n2)cc1. The van der Waals surface area contributed by atoms with Crippen molar-refractivity contribution in [2.45, 2.75) is 31.9 Å². The number of ether oxygens (including phenoxy) is 1. The standard InChI is InChI=1S/C26H22F3N5O2/c1-36-25(35)17-7-10-20(11-8-17)34-15-21(24(33-34)26(27,28)29)23(16-5-3-2-4-6-16)31-19-9-12-22-18(13-19)14-30-32-22/h5,7-15H,2-4,6H2,1H3,(H,30,32)/b31-23+. The fraction of sp³-hybridized carbons (Fsp3) is 0.231. The summed E-state index contributed by atoms with van der Waals surface area (Å²) in [6, 6.07) is 11.3. The fourth-order valence-electron chi connectivity index (χ4n) is 4.24. The van der Waals surface area contributed by atoms with Crippen LogP contribution in [0.15, 0.2) is 71.5 Å². The van der Waals surface area contributed by atoms with Crippen molar-refractivity contribution >= 4 is 28.3 Å². The number of esters is 1. The number of halogens is 3. The molecule has 0 unspecified atom stereocenters. The zero-order valence-corrected chi connectivity index (χ0v) is 19.3. The third-order valence-corrected chi connectivity index (χ3v) is 6.05. The number of benzene rings is 2. The van der Waals surface area contributed by atoms with Crippen LogP contribution in [-0.2, 0) is 10.9 Å². The minimum Gasteiger partial charge on any atom is -0.465 e. The lowest BCUT2D eigenvalue weighted by Gasteiger charge is -2.16. The van der Waals surface area contributed by atoms with Crippen LogP contribution in [0.5, 0.6) is 0 Å². The Morgan fingerprint density at radius 2 is 1.94 bits per heavy atom. The molecule has 2 aromatic heterocycles. The first-order chi connectivity index (χ1) is 17.3. The summed E-state index contributed by atoms with van der Waals surface area (Å²) in [5, 5.41) is 11.6. The van der Waals surface area contributed by atoms with Crippen molar-refractivity contribution in [2.24, 2.45) is 4.99 Å². The number of aromatic amines is 1. The van der Waals surface area contributed by atoms with E-state index in [0.29, 0.717) is 17.8 Å². The number of H-pyrrole nitrogens is 1. The molecule has 0 aliphatic heterocycles. The first-order valence-corrected chi connectivity index (χ1v) is 11.4. The van der Waals surface area contributed by atoms with Gasteiger partial charge in [-0.1, -0.05) is 6.08 Å². The van der Waals surface area contributed by atoms with E-state index in [2.05, 4.69) is 20.0 Å². The second-order valence-corrected chi connectivity index (χ2v) is 8.45. The van der Waals surface area contributed by atoms with Crippen molar-refractivity contribution in [1.82, 2.24) is 20.0 Å². The van der Waals surface area contributed by atoms with Crippen LogP contribution in [0.25, 0.3) is 16.6 Å². The third-order valence-electron chi connectivity index (χ3n) is 6.05. The van der Waals surface area contributed by atoms with Crippen LogP contribution in [0.2, 0.25) is 0 Å². The van der Waals surface area contributed by atoms with E-state index < -0.39 is 17.8 Å². The Morgan fingerprint density at radius 3 is 2.64 bits per heavy atom. The molecule has 0 radical (unpaired) electrons. The highest BCUT2D eigenvalue weighted by molar-refractivity contribution is 6.14. The summed E-state index contributed by atoms with van der Waals surface area (Å²) in [5.74, 6) is -0.535. The molecule has 184 valence electrons. The van der Waals surface area contributed by atoms with E-state index in [-0.39, 0.29) is 16.8 Å². The van der Waals surface area contributed by atoms with Crippen LogP contribution in [0.1, 0.15) is 47.3 Å². The Bertz CT molecular complexity index is 1480. The fourth-order valence-corrected chi connectivity index (χ4v) is 4.24. The Hall–Kier alpha value is -4.21. The molecular formula is C26H22F3N5O2. The number of allylic oxidation sites excluding steroid dienone is 2. The predicted octanol–water partition coefficient (Wildman–Crippen LogP) is 6.18. The molecule has 1 N–H and O–H groups in total. The average molecular weight is 493 g/mol. The van der Waals surface area contributed by atoms with Gasteiger partial charge in [0.25, 0.3) is 0 Å². The number of alkyl halides is 3. The Labute approximate surface area is 204 Å². The number of nitrogens with zero attached hydrogens (tertiary/aromatic N) is 4. The number of carbonyl (C=O) groups excluding carboxylic acids is 1. The van der Waals surface area contributed by atoms with Crippen molar-refractivity contribution in [3.05, 3.63) is 83.3 Å². The Balaban J connectivity index is 1.65. The average Bonchev–Trinajstić information content (AvgIpc) is 3.54. The van der Waals surface area contributed by atoms with Crippen LogP contribution in [-0.4, -0.2) is 38.8 Å². The lowest BCUT2D eigenvalue weighted by molar-refractivity contribution is -0.141. The topological polar surface area (TPSA) is 85.2 Å². The molecule has 2 aromatic carbocycles.